The number of H-pyrrole nitrogens is 1. The number of ether oxygens (including phenoxy) is 1. The van der Waals surface area contributed by atoms with Gasteiger partial charge in [-0.05, 0) is 57.5 Å². The van der Waals surface area contributed by atoms with Gasteiger partial charge in [-0.3, -0.25) is 9.59 Å². The Balaban J connectivity index is 2.17. The van der Waals surface area contributed by atoms with Crippen LogP contribution in [0.15, 0.2) is 24.3 Å². The molecular weight excluding hydrogens is 320 g/mol. The molecule has 0 amide bonds. The third kappa shape index (κ3) is 3.66. The minimum Gasteiger partial charge on any atom is -0.451 e. The summed E-state index contributed by atoms with van der Waals surface area (Å²) < 4.78 is 5.21. The van der Waals surface area contributed by atoms with Crippen LogP contribution in [0.1, 0.15) is 61.9 Å². The molecular formula is C19H18N2O4. The van der Waals surface area contributed by atoms with Crippen LogP contribution in [0.4, 0.5) is 0 Å². The highest BCUT2D eigenvalue weighted by molar-refractivity contribution is 6.05. The Morgan fingerprint density at radius 3 is 2.24 bits per heavy atom. The number of benzene rings is 1. The summed E-state index contributed by atoms with van der Waals surface area (Å²) >= 11 is 0. The SMILES string of the molecule is CC(=O)c1c(C)[nH]c(C(=O)[C@H](C)OC(=O)c2ccc(C#N)cc2)c1C. The van der Waals surface area contributed by atoms with Crippen LogP contribution in [-0.2, 0) is 4.74 Å². The van der Waals surface area contributed by atoms with Crippen molar-refractivity contribution in [3.8, 4) is 6.07 Å². The first kappa shape index (κ1) is 18.1. The molecule has 0 saturated heterocycles. The molecule has 0 aliphatic carbocycles. The number of carbonyl (C=O) groups is 3. The van der Waals surface area contributed by atoms with Crippen LogP contribution in [0.2, 0.25) is 0 Å². The second-order valence-electron chi connectivity index (χ2n) is 5.78. The first-order chi connectivity index (χ1) is 11.8. The molecule has 2 rings (SSSR count). The van der Waals surface area contributed by atoms with Gasteiger partial charge in [0.2, 0.25) is 5.78 Å². The lowest BCUT2D eigenvalue weighted by molar-refractivity contribution is 0.0317. The molecule has 0 aliphatic rings. The molecule has 0 radical (unpaired) electrons. The number of hydrogen-bond acceptors (Lipinski definition) is 5. The van der Waals surface area contributed by atoms with Crippen LogP contribution >= 0.6 is 0 Å². The molecule has 6 nitrogen and oxygen atoms in total. The summed E-state index contributed by atoms with van der Waals surface area (Å²) in [5.74, 6) is -1.19. The monoisotopic (exact) mass is 338 g/mol. The number of aromatic amines is 1. The maximum atomic E-state index is 12.6. The van der Waals surface area contributed by atoms with Crippen molar-refractivity contribution in [2.45, 2.75) is 33.8 Å². The quantitative estimate of drug-likeness (QED) is 0.667. The van der Waals surface area contributed by atoms with Crippen molar-refractivity contribution in [3.63, 3.8) is 0 Å². The molecule has 0 fully saturated rings. The van der Waals surface area contributed by atoms with Crippen molar-refractivity contribution in [1.82, 2.24) is 4.98 Å². The highest BCUT2D eigenvalue weighted by Gasteiger charge is 2.26. The molecule has 0 spiro atoms. The summed E-state index contributed by atoms with van der Waals surface area (Å²) in [6.45, 7) is 6.31. The molecule has 1 N–H and O–H groups in total. The highest BCUT2D eigenvalue weighted by atomic mass is 16.5. The smallest absolute Gasteiger partial charge is 0.338 e. The Labute approximate surface area is 145 Å². The Morgan fingerprint density at radius 1 is 1.16 bits per heavy atom. The minimum atomic E-state index is -1.01. The van der Waals surface area contributed by atoms with E-state index in [0.29, 0.717) is 22.4 Å². The van der Waals surface area contributed by atoms with Gasteiger partial charge in [-0.1, -0.05) is 0 Å². The van der Waals surface area contributed by atoms with Gasteiger partial charge in [0, 0.05) is 11.3 Å². The fourth-order valence-electron chi connectivity index (χ4n) is 2.69. The zero-order chi connectivity index (χ0) is 18.7. The van der Waals surface area contributed by atoms with Crippen molar-refractivity contribution in [2.75, 3.05) is 0 Å². The molecule has 1 aromatic carbocycles. The standard InChI is InChI=1S/C19H18N2O4/c1-10-16(12(3)22)11(2)21-17(10)18(23)13(4)25-19(24)15-7-5-14(9-20)6-8-15/h5-8,13,21H,1-4H3/t13-/m0/s1. The van der Waals surface area contributed by atoms with E-state index in [9.17, 15) is 14.4 Å². The number of Topliss-reactive ketones (excluding diaryl/α,β-unsaturated/α-hetero) is 2. The summed E-state index contributed by atoms with van der Waals surface area (Å²) in [6, 6.07) is 7.90. The van der Waals surface area contributed by atoms with E-state index in [1.165, 1.54) is 38.1 Å². The van der Waals surface area contributed by atoms with Crippen LogP contribution in [0.25, 0.3) is 0 Å². The maximum Gasteiger partial charge on any atom is 0.338 e. The zero-order valence-electron chi connectivity index (χ0n) is 14.5. The number of rotatable bonds is 5. The summed E-state index contributed by atoms with van der Waals surface area (Å²) in [5.41, 5.74) is 2.59. The fourth-order valence-corrected chi connectivity index (χ4v) is 2.69. The van der Waals surface area contributed by atoms with Crippen molar-refractivity contribution < 1.29 is 19.1 Å². The number of aryl methyl sites for hydroxylation is 1. The van der Waals surface area contributed by atoms with E-state index in [-0.39, 0.29) is 17.0 Å². The lowest BCUT2D eigenvalue weighted by Gasteiger charge is -2.12. The third-order valence-corrected chi connectivity index (χ3v) is 3.94. The Morgan fingerprint density at radius 2 is 1.76 bits per heavy atom. The molecule has 25 heavy (non-hydrogen) atoms. The van der Waals surface area contributed by atoms with Crippen LogP contribution < -0.4 is 0 Å². The van der Waals surface area contributed by atoms with Gasteiger partial charge >= 0.3 is 5.97 Å². The van der Waals surface area contributed by atoms with Gasteiger partial charge in [-0.25, -0.2) is 4.79 Å². The minimum absolute atomic E-state index is 0.132. The average molecular weight is 338 g/mol. The van der Waals surface area contributed by atoms with Gasteiger partial charge in [0.05, 0.1) is 22.9 Å². The summed E-state index contributed by atoms with van der Waals surface area (Å²) in [4.78, 5) is 39.3. The Kier molecular flexibility index (Phi) is 5.18. The second kappa shape index (κ2) is 7.14. The van der Waals surface area contributed by atoms with Crippen molar-refractivity contribution >= 4 is 17.5 Å². The number of esters is 1. The van der Waals surface area contributed by atoms with Gasteiger partial charge in [-0.15, -0.1) is 0 Å². The second-order valence-corrected chi connectivity index (χ2v) is 5.78. The normalized spacial score (nSPS) is 11.5. The molecule has 0 bridgehead atoms. The number of nitrogens with zero attached hydrogens (tertiary/aromatic N) is 1. The number of carbonyl (C=O) groups excluding carboxylic acids is 3. The molecule has 1 atom stereocenters. The summed E-state index contributed by atoms with van der Waals surface area (Å²) in [7, 11) is 0. The van der Waals surface area contributed by atoms with E-state index in [1.54, 1.807) is 13.8 Å². The zero-order valence-corrected chi connectivity index (χ0v) is 14.5. The van der Waals surface area contributed by atoms with Gasteiger partial charge in [-0.2, -0.15) is 5.26 Å². The molecule has 1 heterocycles. The fraction of sp³-hybridized carbons (Fsp3) is 0.263. The summed E-state index contributed by atoms with van der Waals surface area (Å²) in [5, 5.41) is 8.76. The third-order valence-electron chi connectivity index (χ3n) is 3.94. The van der Waals surface area contributed by atoms with Crippen molar-refractivity contribution in [1.29, 1.82) is 5.26 Å². The number of hydrogen-bond donors (Lipinski definition) is 1. The predicted octanol–water partition coefficient (Wildman–Crippen LogP) is 3.13. The van der Waals surface area contributed by atoms with E-state index >= 15 is 0 Å². The molecule has 0 saturated carbocycles. The van der Waals surface area contributed by atoms with Crippen LogP contribution in [0.5, 0.6) is 0 Å². The van der Waals surface area contributed by atoms with Crippen molar-refractivity contribution in [3.05, 3.63) is 57.9 Å². The van der Waals surface area contributed by atoms with E-state index in [1.807, 2.05) is 6.07 Å². The summed E-state index contributed by atoms with van der Waals surface area (Å²) in [6.07, 6.45) is -1.01. The van der Waals surface area contributed by atoms with E-state index in [4.69, 9.17) is 10.00 Å². The van der Waals surface area contributed by atoms with Crippen LogP contribution in [0.3, 0.4) is 0 Å². The van der Waals surface area contributed by atoms with E-state index in [2.05, 4.69) is 4.98 Å². The predicted molar refractivity (Wildman–Crippen MR) is 90.6 cm³/mol. The average Bonchev–Trinajstić information content (AvgIpc) is 2.88. The van der Waals surface area contributed by atoms with Crippen LogP contribution in [-0.4, -0.2) is 28.6 Å². The Bertz CT molecular complexity index is 885. The van der Waals surface area contributed by atoms with E-state index in [0.717, 1.165) is 0 Å². The Hall–Kier alpha value is -3.20. The molecule has 1 aromatic heterocycles. The highest BCUT2D eigenvalue weighted by Crippen LogP contribution is 2.20. The van der Waals surface area contributed by atoms with Gasteiger partial charge in [0.15, 0.2) is 11.9 Å². The molecule has 6 heteroatoms. The lowest BCUT2D eigenvalue weighted by Crippen LogP contribution is -2.25. The first-order valence-corrected chi connectivity index (χ1v) is 7.71. The molecule has 0 aliphatic heterocycles. The topological polar surface area (TPSA) is 100 Å². The molecule has 0 unspecified atom stereocenters. The molecule has 2 aromatic rings. The first-order valence-electron chi connectivity index (χ1n) is 7.71. The number of ketones is 2. The van der Waals surface area contributed by atoms with Crippen molar-refractivity contribution in [2.24, 2.45) is 0 Å². The van der Waals surface area contributed by atoms with Gasteiger partial charge in [0.25, 0.3) is 0 Å². The van der Waals surface area contributed by atoms with Gasteiger partial charge < -0.3 is 9.72 Å². The number of aromatic nitrogens is 1. The van der Waals surface area contributed by atoms with Gasteiger partial charge in [0.1, 0.15) is 0 Å². The number of nitriles is 1. The van der Waals surface area contributed by atoms with Crippen LogP contribution in [0, 0.1) is 25.2 Å². The van der Waals surface area contributed by atoms with E-state index < -0.39 is 17.9 Å². The maximum absolute atomic E-state index is 12.6. The lowest BCUT2D eigenvalue weighted by atomic mass is 10.0. The molecule has 128 valence electrons. The number of nitrogens with one attached hydrogen (secondary N) is 1. The largest absolute Gasteiger partial charge is 0.451 e.